The number of rotatable bonds is 6. The summed E-state index contributed by atoms with van der Waals surface area (Å²) in [5.74, 6) is -2.87. The van der Waals surface area contributed by atoms with Crippen LogP contribution in [0.2, 0.25) is 0 Å². The highest BCUT2D eigenvalue weighted by molar-refractivity contribution is 7.08. The predicted octanol–water partition coefficient (Wildman–Crippen LogP) is 5.11. The van der Waals surface area contributed by atoms with Gasteiger partial charge in [-0.05, 0) is 36.3 Å². The zero-order valence-corrected chi connectivity index (χ0v) is 20.0. The Kier molecular flexibility index (Phi) is 8.43. The van der Waals surface area contributed by atoms with Crippen molar-refractivity contribution in [3.8, 4) is 0 Å². The Labute approximate surface area is 200 Å². The van der Waals surface area contributed by atoms with Crippen LogP contribution in [0.4, 0.5) is 29.7 Å². The number of nitrogens with one attached hydrogen (secondary N) is 1. The minimum atomic E-state index is -1.09. The van der Waals surface area contributed by atoms with Gasteiger partial charge in [-0.25, -0.2) is 23.2 Å². The number of anilines is 2. The van der Waals surface area contributed by atoms with Gasteiger partial charge in [0, 0.05) is 30.6 Å². The number of methoxy groups -OCH3 is 1. The summed E-state index contributed by atoms with van der Waals surface area (Å²) in [6, 6.07) is 2.29. The zero-order chi connectivity index (χ0) is 24.8. The molecule has 2 aromatic rings. The van der Waals surface area contributed by atoms with Gasteiger partial charge in [-0.15, -0.1) is 0 Å². The van der Waals surface area contributed by atoms with E-state index in [1.807, 2.05) is 19.2 Å². The zero-order valence-electron chi connectivity index (χ0n) is 19.2. The first-order valence-electron chi connectivity index (χ1n) is 10.8. The first-order chi connectivity index (χ1) is 16.2. The Balaban J connectivity index is 1.75. The number of esters is 1. The van der Waals surface area contributed by atoms with Gasteiger partial charge in [0.15, 0.2) is 0 Å². The third-order valence-corrected chi connectivity index (χ3v) is 6.01. The van der Waals surface area contributed by atoms with Crippen molar-refractivity contribution in [2.24, 2.45) is 5.92 Å². The molecule has 1 aromatic heterocycles. The van der Waals surface area contributed by atoms with Crippen LogP contribution in [-0.4, -0.2) is 55.8 Å². The SMILES string of the molecule is COC(=O)c1cc(NC(=O)N(c2ccsc2)C2CCN(C(=O)OCC(C)C)CC2)c(F)cc1F. The Morgan fingerprint density at radius 3 is 2.50 bits per heavy atom. The van der Waals surface area contributed by atoms with Gasteiger partial charge >= 0.3 is 18.1 Å². The molecule has 1 saturated heterocycles. The first kappa shape index (κ1) is 25.4. The molecule has 1 N–H and O–H groups in total. The fourth-order valence-electron chi connectivity index (χ4n) is 3.61. The van der Waals surface area contributed by atoms with E-state index in [1.165, 1.54) is 16.2 Å². The van der Waals surface area contributed by atoms with Crippen LogP contribution in [0.3, 0.4) is 0 Å². The van der Waals surface area contributed by atoms with Crippen molar-refractivity contribution < 1.29 is 32.6 Å². The summed E-state index contributed by atoms with van der Waals surface area (Å²) in [4.78, 5) is 40.4. The number of piperidine rings is 1. The number of nitrogens with zero attached hydrogens (tertiary/aromatic N) is 2. The molecule has 3 rings (SSSR count). The topological polar surface area (TPSA) is 88.2 Å². The predicted molar refractivity (Wildman–Crippen MR) is 124 cm³/mol. The van der Waals surface area contributed by atoms with Crippen LogP contribution in [0.5, 0.6) is 0 Å². The largest absolute Gasteiger partial charge is 0.465 e. The van der Waals surface area contributed by atoms with Crippen LogP contribution >= 0.6 is 11.3 Å². The van der Waals surface area contributed by atoms with Gasteiger partial charge in [-0.2, -0.15) is 11.3 Å². The Morgan fingerprint density at radius 2 is 1.91 bits per heavy atom. The van der Waals surface area contributed by atoms with Crippen molar-refractivity contribution in [2.45, 2.75) is 32.7 Å². The summed E-state index contributed by atoms with van der Waals surface area (Å²) in [7, 11) is 1.08. The molecule has 1 fully saturated rings. The van der Waals surface area contributed by atoms with Crippen molar-refractivity contribution in [3.63, 3.8) is 0 Å². The van der Waals surface area contributed by atoms with Gasteiger partial charge in [-0.1, -0.05) is 13.8 Å². The molecule has 3 amide bonds. The average molecular weight is 496 g/mol. The van der Waals surface area contributed by atoms with Gasteiger partial charge in [0.05, 0.1) is 30.7 Å². The number of ether oxygens (including phenoxy) is 2. The smallest absolute Gasteiger partial charge is 0.409 e. The summed E-state index contributed by atoms with van der Waals surface area (Å²) in [6.07, 6.45) is 0.584. The number of likely N-dealkylation sites (tertiary alicyclic amines) is 1. The van der Waals surface area contributed by atoms with E-state index in [9.17, 15) is 23.2 Å². The number of hydrogen-bond acceptors (Lipinski definition) is 6. The number of benzene rings is 1. The van der Waals surface area contributed by atoms with Crippen molar-refractivity contribution in [1.29, 1.82) is 0 Å². The normalized spacial score (nSPS) is 14.1. The number of carbonyl (C=O) groups excluding carboxylic acids is 3. The Hall–Kier alpha value is -3.21. The number of amides is 3. The van der Waals surface area contributed by atoms with E-state index in [0.29, 0.717) is 44.3 Å². The maximum absolute atomic E-state index is 14.4. The number of thiophene rings is 1. The number of carbonyl (C=O) groups is 3. The second-order valence-corrected chi connectivity index (χ2v) is 9.05. The molecule has 1 aromatic carbocycles. The lowest BCUT2D eigenvalue weighted by Crippen LogP contribution is -2.50. The van der Waals surface area contributed by atoms with Crippen LogP contribution in [-0.2, 0) is 9.47 Å². The molecular formula is C23H27F2N3O5S. The molecule has 8 nitrogen and oxygen atoms in total. The molecule has 0 spiro atoms. The van der Waals surface area contributed by atoms with E-state index >= 15 is 0 Å². The molecule has 0 unspecified atom stereocenters. The van der Waals surface area contributed by atoms with Crippen LogP contribution in [0.15, 0.2) is 29.0 Å². The van der Waals surface area contributed by atoms with Crippen molar-refractivity contribution >= 4 is 40.8 Å². The molecule has 0 saturated carbocycles. The van der Waals surface area contributed by atoms with E-state index < -0.39 is 29.2 Å². The molecule has 0 aliphatic carbocycles. The second-order valence-electron chi connectivity index (χ2n) is 8.27. The molecule has 11 heteroatoms. The standard InChI is InChI=1S/C23H27F2N3O5S/c1-14(2)12-33-23(31)27-7-4-15(5-8-27)28(16-6-9-34-13-16)22(30)26-20-10-17(21(29)32-3)18(24)11-19(20)25/h6,9-11,13-15H,4-5,7-8,12H2,1-3H3,(H,26,30). The molecule has 0 radical (unpaired) electrons. The molecule has 34 heavy (non-hydrogen) atoms. The number of halogens is 2. The molecule has 1 aliphatic heterocycles. The minimum Gasteiger partial charge on any atom is -0.465 e. The summed E-state index contributed by atoms with van der Waals surface area (Å²) in [5, 5.41) is 6.04. The Morgan fingerprint density at radius 1 is 1.21 bits per heavy atom. The monoisotopic (exact) mass is 495 g/mol. The van der Waals surface area contributed by atoms with Gasteiger partial charge in [-0.3, -0.25) is 4.90 Å². The van der Waals surface area contributed by atoms with Crippen LogP contribution in [0.1, 0.15) is 37.0 Å². The first-order valence-corrected chi connectivity index (χ1v) is 11.8. The second kappa shape index (κ2) is 11.3. The molecule has 1 aliphatic rings. The van der Waals surface area contributed by atoms with E-state index in [2.05, 4.69) is 10.1 Å². The van der Waals surface area contributed by atoms with E-state index in [-0.39, 0.29) is 23.7 Å². The lowest BCUT2D eigenvalue weighted by atomic mass is 10.0. The molecule has 2 heterocycles. The third-order valence-electron chi connectivity index (χ3n) is 5.33. The quantitative estimate of drug-likeness (QED) is 0.563. The fourth-order valence-corrected chi connectivity index (χ4v) is 4.24. The van der Waals surface area contributed by atoms with Crippen molar-refractivity contribution in [2.75, 3.05) is 37.0 Å². The third kappa shape index (κ3) is 6.02. The summed E-state index contributed by atoms with van der Waals surface area (Å²) in [5.41, 5.74) is -0.227. The highest BCUT2D eigenvalue weighted by atomic mass is 32.1. The molecule has 0 atom stereocenters. The molecular weight excluding hydrogens is 468 g/mol. The van der Waals surface area contributed by atoms with Crippen LogP contribution in [0.25, 0.3) is 0 Å². The Bertz CT molecular complexity index is 1020. The maximum Gasteiger partial charge on any atom is 0.409 e. The van der Waals surface area contributed by atoms with Gasteiger partial charge < -0.3 is 19.7 Å². The van der Waals surface area contributed by atoms with Crippen LogP contribution < -0.4 is 10.2 Å². The number of urea groups is 1. The molecule has 184 valence electrons. The van der Waals surface area contributed by atoms with Crippen molar-refractivity contribution in [3.05, 3.63) is 46.2 Å². The van der Waals surface area contributed by atoms with E-state index in [1.54, 1.807) is 16.3 Å². The van der Waals surface area contributed by atoms with Crippen molar-refractivity contribution in [1.82, 2.24) is 4.90 Å². The fraction of sp³-hybridized carbons (Fsp3) is 0.435. The average Bonchev–Trinajstić information content (AvgIpc) is 3.33. The lowest BCUT2D eigenvalue weighted by Gasteiger charge is -2.37. The summed E-state index contributed by atoms with van der Waals surface area (Å²) >= 11 is 1.39. The summed E-state index contributed by atoms with van der Waals surface area (Å²) in [6.45, 7) is 5.03. The van der Waals surface area contributed by atoms with Crippen LogP contribution in [0, 0.1) is 17.6 Å². The summed E-state index contributed by atoms with van der Waals surface area (Å²) < 4.78 is 38.2. The maximum atomic E-state index is 14.4. The highest BCUT2D eigenvalue weighted by Crippen LogP contribution is 2.28. The molecule has 0 bridgehead atoms. The van der Waals surface area contributed by atoms with Gasteiger partial charge in [0.25, 0.3) is 0 Å². The minimum absolute atomic E-state index is 0.228. The van der Waals surface area contributed by atoms with E-state index in [0.717, 1.165) is 13.2 Å². The van der Waals surface area contributed by atoms with E-state index in [4.69, 9.17) is 4.74 Å². The van der Waals surface area contributed by atoms with Gasteiger partial charge in [0.2, 0.25) is 0 Å². The lowest BCUT2D eigenvalue weighted by molar-refractivity contribution is 0.0595. The number of hydrogen-bond donors (Lipinski definition) is 1. The van der Waals surface area contributed by atoms with Gasteiger partial charge in [0.1, 0.15) is 11.6 Å². The highest BCUT2D eigenvalue weighted by Gasteiger charge is 2.32.